The Morgan fingerprint density at radius 3 is 2.05 bits per heavy atom. The number of anilines is 1. The van der Waals surface area contributed by atoms with Crippen LogP contribution in [0.25, 0.3) is 0 Å². The number of carbonyl (C=O) groups excluding carboxylic acids is 2. The molecule has 0 aliphatic rings. The molecule has 3 rings (SSSR count). The summed E-state index contributed by atoms with van der Waals surface area (Å²) in [4.78, 5) is 27.9. The summed E-state index contributed by atoms with van der Waals surface area (Å²) in [5.74, 6) is -1.37. The van der Waals surface area contributed by atoms with Crippen LogP contribution in [0.15, 0.2) is 89.8 Å². The van der Waals surface area contributed by atoms with E-state index >= 15 is 0 Å². The molecule has 0 bridgehead atoms. The van der Waals surface area contributed by atoms with Gasteiger partial charge in [0.25, 0.3) is 10.0 Å². The summed E-state index contributed by atoms with van der Waals surface area (Å²) >= 11 is 0. The van der Waals surface area contributed by atoms with Crippen LogP contribution in [0, 0.1) is 5.82 Å². The highest BCUT2D eigenvalue weighted by atomic mass is 32.2. The molecule has 0 heterocycles. The van der Waals surface area contributed by atoms with Gasteiger partial charge >= 0.3 is 0 Å². The molecular formula is C28H32FN3O4S. The summed E-state index contributed by atoms with van der Waals surface area (Å²) in [5.41, 5.74) is 1.28. The van der Waals surface area contributed by atoms with Crippen molar-refractivity contribution in [2.75, 3.05) is 23.9 Å². The van der Waals surface area contributed by atoms with Gasteiger partial charge in [-0.25, -0.2) is 12.8 Å². The Bertz CT molecular complexity index is 1270. The number of sulfonamides is 1. The summed E-state index contributed by atoms with van der Waals surface area (Å²) < 4.78 is 41.7. The highest BCUT2D eigenvalue weighted by molar-refractivity contribution is 7.92. The molecule has 3 aromatic carbocycles. The van der Waals surface area contributed by atoms with Gasteiger partial charge in [-0.05, 0) is 61.7 Å². The first kappa shape index (κ1) is 27.9. The summed E-state index contributed by atoms with van der Waals surface area (Å²) in [7, 11) is -4.21. The Morgan fingerprint density at radius 1 is 0.892 bits per heavy atom. The largest absolute Gasteiger partial charge is 0.355 e. The molecule has 0 aliphatic heterocycles. The lowest BCUT2D eigenvalue weighted by atomic mass is 10.1. The van der Waals surface area contributed by atoms with Crippen LogP contribution in [-0.2, 0) is 26.0 Å². The van der Waals surface area contributed by atoms with E-state index in [0.29, 0.717) is 19.4 Å². The topological polar surface area (TPSA) is 86.8 Å². The van der Waals surface area contributed by atoms with Crippen LogP contribution in [0.2, 0.25) is 0 Å². The predicted octanol–water partition coefficient (Wildman–Crippen LogP) is 4.01. The van der Waals surface area contributed by atoms with Crippen LogP contribution in [0.4, 0.5) is 10.1 Å². The van der Waals surface area contributed by atoms with Crippen molar-refractivity contribution in [3.05, 3.63) is 96.3 Å². The van der Waals surface area contributed by atoms with Gasteiger partial charge in [-0.1, -0.05) is 55.5 Å². The minimum atomic E-state index is -4.21. The minimum Gasteiger partial charge on any atom is -0.355 e. The molecule has 7 nitrogen and oxygen atoms in total. The zero-order valence-corrected chi connectivity index (χ0v) is 21.8. The van der Waals surface area contributed by atoms with E-state index in [-0.39, 0.29) is 23.0 Å². The lowest BCUT2D eigenvalue weighted by Crippen LogP contribution is -2.53. The monoisotopic (exact) mass is 525 g/mol. The average molecular weight is 526 g/mol. The van der Waals surface area contributed by atoms with Gasteiger partial charge in [0.05, 0.1) is 10.6 Å². The summed E-state index contributed by atoms with van der Waals surface area (Å²) in [6.07, 6.45) is 0.862. The van der Waals surface area contributed by atoms with Crippen molar-refractivity contribution in [2.24, 2.45) is 0 Å². The van der Waals surface area contributed by atoms with E-state index < -0.39 is 34.3 Å². The fourth-order valence-corrected chi connectivity index (χ4v) is 5.46. The molecule has 2 amide bonds. The van der Waals surface area contributed by atoms with Crippen LogP contribution < -0.4 is 9.62 Å². The normalized spacial score (nSPS) is 12.0. The molecular weight excluding hydrogens is 493 g/mol. The Balaban J connectivity index is 1.97. The number of carbonyl (C=O) groups is 2. The number of hydrogen-bond donors (Lipinski definition) is 1. The number of nitrogens with one attached hydrogen (secondary N) is 1. The second-order valence-electron chi connectivity index (χ2n) is 8.44. The lowest BCUT2D eigenvalue weighted by Gasteiger charge is -2.33. The first-order chi connectivity index (χ1) is 17.8. The molecule has 0 aromatic heterocycles. The zero-order chi connectivity index (χ0) is 26.8. The minimum absolute atomic E-state index is 0.142. The van der Waals surface area contributed by atoms with Gasteiger partial charge in [-0.2, -0.15) is 0 Å². The van der Waals surface area contributed by atoms with Crippen LogP contribution >= 0.6 is 0 Å². The molecule has 0 saturated carbocycles. The maximum absolute atomic E-state index is 13.8. The van der Waals surface area contributed by atoms with E-state index in [1.807, 2.05) is 37.3 Å². The molecule has 1 atom stereocenters. The number of halogens is 1. The van der Waals surface area contributed by atoms with E-state index in [4.69, 9.17) is 0 Å². The van der Waals surface area contributed by atoms with E-state index in [1.165, 1.54) is 17.0 Å². The van der Waals surface area contributed by atoms with E-state index in [2.05, 4.69) is 5.32 Å². The van der Waals surface area contributed by atoms with E-state index in [0.717, 1.165) is 22.0 Å². The van der Waals surface area contributed by atoms with Crippen molar-refractivity contribution in [3.8, 4) is 0 Å². The molecule has 196 valence electrons. The third-order valence-corrected chi connectivity index (χ3v) is 7.73. The van der Waals surface area contributed by atoms with E-state index in [9.17, 15) is 22.4 Å². The number of para-hydroxylation sites is 1. The molecule has 0 spiro atoms. The molecule has 1 N–H and O–H groups in total. The van der Waals surface area contributed by atoms with Gasteiger partial charge in [-0.15, -0.1) is 0 Å². The van der Waals surface area contributed by atoms with Gasteiger partial charge in [-0.3, -0.25) is 13.9 Å². The van der Waals surface area contributed by atoms with Crippen LogP contribution in [-0.4, -0.2) is 50.8 Å². The molecule has 0 fully saturated rings. The number of likely N-dealkylation sites (N-methyl/N-ethyl adjacent to an activating group) is 1. The fourth-order valence-electron chi connectivity index (χ4n) is 4.04. The number of amides is 2. The van der Waals surface area contributed by atoms with Crippen molar-refractivity contribution in [1.29, 1.82) is 0 Å². The Labute approximate surface area is 218 Å². The molecule has 0 aliphatic carbocycles. The molecule has 3 aromatic rings. The van der Waals surface area contributed by atoms with Gasteiger partial charge in [0.1, 0.15) is 18.4 Å². The molecule has 37 heavy (non-hydrogen) atoms. The van der Waals surface area contributed by atoms with Gasteiger partial charge in [0, 0.05) is 13.1 Å². The number of benzene rings is 3. The smallest absolute Gasteiger partial charge is 0.264 e. The number of hydrogen-bond acceptors (Lipinski definition) is 4. The van der Waals surface area contributed by atoms with E-state index in [1.54, 1.807) is 37.3 Å². The van der Waals surface area contributed by atoms with Gasteiger partial charge < -0.3 is 10.2 Å². The number of nitrogens with zero attached hydrogens (tertiary/aromatic N) is 2. The average Bonchev–Trinajstić information content (AvgIpc) is 2.90. The first-order valence-electron chi connectivity index (χ1n) is 12.2. The quantitative estimate of drug-likeness (QED) is 0.387. The SMILES string of the molecule is CCNC(=O)C(CC)N(CCc1ccccc1)C(=O)CN(c1ccccc1)S(=O)(=O)c1ccc(F)cc1. The molecule has 1 unspecified atom stereocenters. The molecule has 9 heteroatoms. The maximum atomic E-state index is 13.8. The second kappa shape index (κ2) is 13.0. The van der Waals surface area contributed by atoms with Crippen molar-refractivity contribution in [2.45, 2.75) is 37.6 Å². The van der Waals surface area contributed by atoms with Crippen LogP contribution in [0.5, 0.6) is 0 Å². The van der Waals surface area contributed by atoms with Crippen molar-refractivity contribution in [3.63, 3.8) is 0 Å². The Hall–Kier alpha value is -3.72. The van der Waals surface area contributed by atoms with Crippen molar-refractivity contribution >= 4 is 27.5 Å². The van der Waals surface area contributed by atoms with Crippen molar-refractivity contribution in [1.82, 2.24) is 10.2 Å². The second-order valence-corrected chi connectivity index (χ2v) is 10.3. The number of rotatable bonds is 12. The van der Waals surface area contributed by atoms with Crippen molar-refractivity contribution < 1.29 is 22.4 Å². The van der Waals surface area contributed by atoms with Gasteiger partial charge in [0.2, 0.25) is 11.8 Å². The summed E-state index contributed by atoms with van der Waals surface area (Å²) in [6, 6.07) is 21.5. The highest BCUT2D eigenvalue weighted by Crippen LogP contribution is 2.24. The standard InChI is InChI=1S/C28H32FN3O4S/c1-3-26(28(34)30-4-2)31(20-19-22-11-7-5-8-12-22)27(33)21-32(24-13-9-6-10-14-24)37(35,36)25-17-15-23(29)16-18-25/h5-18,26H,3-4,19-21H2,1-2H3,(H,30,34). The molecule has 0 radical (unpaired) electrons. The third-order valence-electron chi connectivity index (χ3n) is 5.95. The first-order valence-corrected chi connectivity index (χ1v) is 13.7. The third kappa shape index (κ3) is 7.16. The zero-order valence-electron chi connectivity index (χ0n) is 21.0. The van der Waals surface area contributed by atoms with Crippen LogP contribution in [0.1, 0.15) is 25.8 Å². The van der Waals surface area contributed by atoms with Crippen LogP contribution in [0.3, 0.4) is 0 Å². The Morgan fingerprint density at radius 2 is 1.49 bits per heavy atom. The highest BCUT2D eigenvalue weighted by Gasteiger charge is 2.33. The summed E-state index contributed by atoms with van der Waals surface area (Å²) in [6.45, 7) is 3.73. The maximum Gasteiger partial charge on any atom is 0.264 e. The molecule has 0 saturated heterocycles. The predicted molar refractivity (Wildman–Crippen MR) is 142 cm³/mol. The lowest BCUT2D eigenvalue weighted by molar-refractivity contribution is -0.139. The Kier molecular flexibility index (Phi) is 9.79. The fraction of sp³-hybridized carbons (Fsp3) is 0.286. The van der Waals surface area contributed by atoms with Gasteiger partial charge in [0.15, 0.2) is 0 Å². The summed E-state index contributed by atoms with van der Waals surface area (Å²) in [5, 5.41) is 2.78.